The predicted octanol–water partition coefficient (Wildman–Crippen LogP) is 2.96. The monoisotopic (exact) mass is 348 g/mol. The van der Waals surface area contributed by atoms with Gasteiger partial charge in [0.15, 0.2) is 5.96 Å². The van der Waals surface area contributed by atoms with E-state index in [-0.39, 0.29) is 0 Å². The summed E-state index contributed by atoms with van der Waals surface area (Å²) in [5.41, 5.74) is 1.41. The van der Waals surface area contributed by atoms with Gasteiger partial charge in [-0.25, -0.2) is 0 Å². The zero-order valence-corrected chi connectivity index (χ0v) is 15.9. The summed E-state index contributed by atoms with van der Waals surface area (Å²) in [7, 11) is 0. The lowest BCUT2D eigenvalue weighted by Gasteiger charge is -2.33. The first kappa shape index (κ1) is 19.1. The molecule has 5 heteroatoms. The highest BCUT2D eigenvalue weighted by Gasteiger charge is 2.19. The number of hydrogen-bond donors (Lipinski definition) is 2. The van der Waals surface area contributed by atoms with Gasteiger partial charge >= 0.3 is 0 Å². The number of guanidine groups is 1. The molecule has 0 unspecified atom stereocenters. The lowest BCUT2D eigenvalue weighted by molar-refractivity contribution is 0.198. The maximum absolute atomic E-state index is 4.70. The highest BCUT2D eigenvalue weighted by molar-refractivity contribution is 7.98. The van der Waals surface area contributed by atoms with Crippen LogP contribution in [0.3, 0.4) is 0 Å². The maximum Gasteiger partial charge on any atom is 0.191 e. The molecule has 1 aliphatic heterocycles. The smallest absolute Gasteiger partial charge is 0.191 e. The first-order valence-electron chi connectivity index (χ1n) is 9.12. The van der Waals surface area contributed by atoms with Gasteiger partial charge in [-0.3, -0.25) is 9.89 Å². The third kappa shape index (κ3) is 7.14. The highest BCUT2D eigenvalue weighted by atomic mass is 32.2. The molecule has 0 bridgehead atoms. The van der Waals surface area contributed by atoms with Crippen molar-refractivity contribution in [1.82, 2.24) is 15.5 Å². The summed E-state index contributed by atoms with van der Waals surface area (Å²) in [4.78, 5) is 7.25. The Labute approximate surface area is 151 Å². The van der Waals surface area contributed by atoms with E-state index in [0.717, 1.165) is 45.1 Å². The number of aliphatic imine (C=N–C) groups is 1. The van der Waals surface area contributed by atoms with Gasteiger partial charge in [-0.05, 0) is 43.8 Å². The Morgan fingerprint density at radius 1 is 1.25 bits per heavy atom. The molecule has 24 heavy (non-hydrogen) atoms. The molecular weight excluding hydrogens is 316 g/mol. The van der Waals surface area contributed by atoms with E-state index in [1.807, 2.05) is 11.8 Å². The molecule has 0 saturated carbocycles. The van der Waals surface area contributed by atoms with Crippen LogP contribution in [-0.2, 0) is 6.54 Å². The minimum atomic E-state index is 0.537. The van der Waals surface area contributed by atoms with Crippen LogP contribution < -0.4 is 10.6 Å². The predicted molar refractivity (Wildman–Crippen MR) is 107 cm³/mol. The Bertz CT molecular complexity index is 470. The van der Waals surface area contributed by atoms with Crippen molar-refractivity contribution >= 4 is 17.7 Å². The maximum atomic E-state index is 4.70. The molecule has 0 spiro atoms. The Kier molecular flexibility index (Phi) is 9.06. The van der Waals surface area contributed by atoms with Gasteiger partial charge in [0, 0.05) is 38.8 Å². The summed E-state index contributed by atoms with van der Waals surface area (Å²) < 4.78 is 0. The number of nitrogens with zero attached hydrogens (tertiary/aromatic N) is 2. The number of hydrogen-bond acceptors (Lipinski definition) is 3. The van der Waals surface area contributed by atoms with Crippen molar-refractivity contribution in [3.63, 3.8) is 0 Å². The average Bonchev–Trinajstić information content (AvgIpc) is 2.61. The van der Waals surface area contributed by atoms with Crippen LogP contribution in [0.25, 0.3) is 0 Å². The number of likely N-dealkylation sites (tertiary alicyclic amines) is 1. The Morgan fingerprint density at radius 3 is 2.67 bits per heavy atom. The molecule has 2 N–H and O–H groups in total. The third-order valence-corrected chi connectivity index (χ3v) is 5.00. The lowest BCUT2D eigenvalue weighted by atomic mass is 10.0. The van der Waals surface area contributed by atoms with Crippen molar-refractivity contribution in [2.75, 3.05) is 38.2 Å². The average molecular weight is 349 g/mol. The molecule has 1 aromatic carbocycles. The molecule has 0 radical (unpaired) electrons. The van der Waals surface area contributed by atoms with Gasteiger partial charge in [0.25, 0.3) is 0 Å². The second-order valence-electron chi connectivity index (χ2n) is 6.29. The zero-order valence-electron chi connectivity index (χ0n) is 15.1. The van der Waals surface area contributed by atoms with Gasteiger partial charge in [-0.2, -0.15) is 11.8 Å². The molecule has 2 rings (SSSR count). The van der Waals surface area contributed by atoms with Gasteiger partial charge in [0.05, 0.1) is 0 Å². The van der Waals surface area contributed by atoms with Crippen molar-refractivity contribution in [3.05, 3.63) is 35.9 Å². The van der Waals surface area contributed by atoms with E-state index in [0.29, 0.717) is 6.04 Å². The van der Waals surface area contributed by atoms with Crippen molar-refractivity contribution in [2.45, 2.75) is 38.8 Å². The molecule has 1 aliphatic rings. The Balaban J connectivity index is 1.73. The molecular formula is C19H32N4S. The van der Waals surface area contributed by atoms with Crippen LogP contribution in [0.15, 0.2) is 35.3 Å². The first-order valence-corrected chi connectivity index (χ1v) is 10.5. The summed E-state index contributed by atoms with van der Waals surface area (Å²) >= 11 is 1.89. The van der Waals surface area contributed by atoms with Crippen molar-refractivity contribution < 1.29 is 0 Å². The molecule has 0 aromatic heterocycles. The summed E-state index contributed by atoms with van der Waals surface area (Å²) in [6.07, 6.45) is 5.66. The SMILES string of the molecule is CCNC(=NCCCSC)NC1CCN(Cc2ccccc2)CC1. The van der Waals surface area contributed by atoms with Gasteiger partial charge < -0.3 is 10.6 Å². The fourth-order valence-electron chi connectivity index (χ4n) is 2.99. The number of rotatable bonds is 8. The Morgan fingerprint density at radius 2 is 2.00 bits per heavy atom. The molecule has 1 aromatic rings. The van der Waals surface area contributed by atoms with E-state index in [1.165, 1.54) is 24.2 Å². The second kappa shape index (κ2) is 11.4. The van der Waals surface area contributed by atoms with Gasteiger partial charge in [-0.15, -0.1) is 0 Å². The molecule has 1 heterocycles. The standard InChI is InChI=1S/C19H32N4S/c1-3-20-19(21-12-7-15-24-2)22-18-10-13-23(14-11-18)16-17-8-5-4-6-9-17/h4-6,8-9,18H,3,7,10-16H2,1-2H3,(H2,20,21,22). The minimum Gasteiger partial charge on any atom is -0.357 e. The van der Waals surface area contributed by atoms with E-state index in [1.54, 1.807) is 0 Å². The van der Waals surface area contributed by atoms with Crippen LogP contribution in [0.1, 0.15) is 31.7 Å². The van der Waals surface area contributed by atoms with Crippen LogP contribution in [0.5, 0.6) is 0 Å². The summed E-state index contributed by atoms with van der Waals surface area (Å²) in [6.45, 7) is 7.32. The van der Waals surface area contributed by atoms with E-state index in [9.17, 15) is 0 Å². The number of nitrogens with one attached hydrogen (secondary N) is 2. The van der Waals surface area contributed by atoms with Gasteiger partial charge in [-0.1, -0.05) is 30.3 Å². The largest absolute Gasteiger partial charge is 0.357 e. The molecule has 134 valence electrons. The first-order chi connectivity index (χ1) is 11.8. The molecule has 1 fully saturated rings. The molecule has 0 amide bonds. The quantitative estimate of drug-likeness (QED) is 0.430. The zero-order chi connectivity index (χ0) is 17.0. The van der Waals surface area contributed by atoms with Crippen LogP contribution in [0.2, 0.25) is 0 Å². The van der Waals surface area contributed by atoms with Crippen molar-refractivity contribution in [1.29, 1.82) is 0 Å². The summed E-state index contributed by atoms with van der Waals surface area (Å²) in [6, 6.07) is 11.3. The second-order valence-corrected chi connectivity index (χ2v) is 7.27. The molecule has 1 saturated heterocycles. The number of thioether (sulfide) groups is 1. The van der Waals surface area contributed by atoms with Crippen molar-refractivity contribution in [2.24, 2.45) is 4.99 Å². The van der Waals surface area contributed by atoms with E-state index in [2.05, 4.69) is 59.0 Å². The van der Waals surface area contributed by atoms with E-state index in [4.69, 9.17) is 4.99 Å². The molecule has 0 aliphatic carbocycles. The van der Waals surface area contributed by atoms with Gasteiger partial charge in [0.2, 0.25) is 0 Å². The third-order valence-electron chi connectivity index (χ3n) is 4.30. The summed E-state index contributed by atoms with van der Waals surface area (Å²) in [5, 5.41) is 7.00. The number of piperidine rings is 1. The fourth-order valence-corrected chi connectivity index (χ4v) is 3.41. The topological polar surface area (TPSA) is 39.7 Å². The highest BCUT2D eigenvalue weighted by Crippen LogP contribution is 2.13. The lowest BCUT2D eigenvalue weighted by Crippen LogP contribution is -2.48. The van der Waals surface area contributed by atoms with Gasteiger partial charge in [0.1, 0.15) is 0 Å². The Hall–Kier alpha value is -1.20. The van der Waals surface area contributed by atoms with Crippen LogP contribution in [-0.4, -0.2) is 55.1 Å². The molecule has 4 nitrogen and oxygen atoms in total. The number of benzene rings is 1. The minimum absolute atomic E-state index is 0.537. The van der Waals surface area contributed by atoms with Crippen molar-refractivity contribution in [3.8, 4) is 0 Å². The summed E-state index contributed by atoms with van der Waals surface area (Å²) in [5.74, 6) is 2.17. The molecule has 0 atom stereocenters. The fraction of sp³-hybridized carbons (Fsp3) is 0.632. The van der Waals surface area contributed by atoms with Crippen LogP contribution >= 0.6 is 11.8 Å². The van der Waals surface area contributed by atoms with E-state index >= 15 is 0 Å². The van der Waals surface area contributed by atoms with Crippen LogP contribution in [0, 0.1) is 0 Å². The van der Waals surface area contributed by atoms with E-state index < -0.39 is 0 Å². The van der Waals surface area contributed by atoms with Crippen LogP contribution in [0.4, 0.5) is 0 Å². The normalized spacial score (nSPS) is 17.0.